The Kier molecular flexibility index (Phi) is 6.80. The molecule has 0 spiro atoms. The topological polar surface area (TPSA) is 81.4 Å². The molecule has 1 aliphatic carbocycles. The molecule has 0 aromatic heterocycles. The molecule has 0 bridgehead atoms. The van der Waals surface area contributed by atoms with Crippen LogP contribution in [0.2, 0.25) is 0 Å². The van der Waals surface area contributed by atoms with E-state index in [2.05, 4.69) is 5.32 Å². The Morgan fingerprint density at radius 2 is 1.84 bits per heavy atom. The molecule has 1 rings (SSSR count). The van der Waals surface area contributed by atoms with Crippen LogP contribution in [0.25, 0.3) is 0 Å². The largest absolute Gasteiger partial charge is 0.469 e. The minimum Gasteiger partial charge on any atom is -0.469 e. The lowest BCUT2D eigenvalue weighted by Crippen LogP contribution is -2.48. The van der Waals surface area contributed by atoms with Crippen molar-refractivity contribution in [3.05, 3.63) is 0 Å². The van der Waals surface area contributed by atoms with E-state index in [1.165, 1.54) is 7.11 Å². The number of amides is 1. The first-order valence-electron chi connectivity index (χ1n) is 6.45. The standard InChI is InChI=1S/C13H24N2O3.ClH/c1-12(2,11(17)18-3)9-15-10(16)13(8-14)6-4-5-7-13;/h4-9,14H2,1-3H3,(H,15,16);1H. The highest BCUT2D eigenvalue weighted by Gasteiger charge is 2.40. The number of hydrogen-bond donors (Lipinski definition) is 2. The molecule has 0 unspecified atom stereocenters. The molecule has 0 aromatic rings. The molecule has 1 amide bonds. The number of methoxy groups -OCH3 is 1. The Bertz CT molecular complexity index is 326. The average Bonchev–Trinajstić information content (AvgIpc) is 2.84. The van der Waals surface area contributed by atoms with Crippen molar-refractivity contribution in [1.82, 2.24) is 5.32 Å². The number of rotatable bonds is 5. The third-order valence-electron chi connectivity index (χ3n) is 3.86. The molecule has 0 radical (unpaired) electrons. The summed E-state index contributed by atoms with van der Waals surface area (Å²) in [4.78, 5) is 23.7. The van der Waals surface area contributed by atoms with Gasteiger partial charge in [0.2, 0.25) is 5.91 Å². The van der Waals surface area contributed by atoms with Gasteiger partial charge in [-0.15, -0.1) is 12.4 Å². The van der Waals surface area contributed by atoms with Crippen LogP contribution in [0.5, 0.6) is 0 Å². The van der Waals surface area contributed by atoms with E-state index in [0.29, 0.717) is 6.54 Å². The Morgan fingerprint density at radius 1 is 1.32 bits per heavy atom. The third-order valence-corrected chi connectivity index (χ3v) is 3.86. The van der Waals surface area contributed by atoms with Crippen molar-refractivity contribution in [2.24, 2.45) is 16.6 Å². The second-order valence-electron chi connectivity index (χ2n) is 5.75. The van der Waals surface area contributed by atoms with Gasteiger partial charge in [0, 0.05) is 13.1 Å². The highest BCUT2D eigenvalue weighted by molar-refractivity contribution is 5.85. The summed E-state index contributed by atoms with van der Waals surface area (Å²) in [6.45, 7) is 4.16. The summed E-state index contributed by atoms with van der Waals surface area (Å²) in [6.07, 6.45) is 3.78. The maximum atomic E-state index is 12.2. The van der Waals surface area contributed by atoms with Crippen LogP contribution in [-0.2, 0) is 14.3 Å². The van der Waals surface area contributed by atoms with E-state index in [1.54, 1.807) is 13.8 Å². The van der Waals surface area contributed by atoms with Crippen molar-refractivity contribution in [1.29, 1.82) is 0 Å². The van der Waals surface area contributed by atoms with Crippen molar-refractivity contribution in [3.63, 3.8) is 0 Å². The van der Waals surface area contributed by atoms with Crippen LogP contribution >= 0.6 is 12.4 Å². The Balaban J connectivity index is 0.00000324. The number of ether oxygens (including phenoxy) is 1. The first-order valence-corrected chi connectivity index (χ1v) is 6.45. The summed E-state index contributed by atoms with van der Waals surface area (Å²) in [5.41, 5.74) is 4.61. The summed E-state index contributed by atoms with van der Waals surface area (Å²) < 4.78 is 4.71. The Labute approximate surface area is 121 Å². The summed E-state index contributed by atoms with van der Waals surface area (Å²) in [5, 5.41) is 2.85. The summed E-state index contributed by atoms with van der Waals surface area (Å²) >= 11 is 0. The number of carbonyl (C=O) groups excluding carboxylic acids is 2. The van der Waals surface area contributed by atoms with Gasteiger partial charge in [-0.25, -0.2) is 0 Å². The quantitative estimate of drug-likeness (QED) is 0.747. The zero-order chi connectivity index (χ0) is 13.8. The van der Waals surface area contributed by atoms with Crippen LogP contribution in [0.15, 0.2) is 0 Å². The molecule has 0 heterocycles. The first-order chi connectivity index (χ1) is 8.38. The van der Waals surface area contributed by atoms with Gasteiger partial charge in [-0.3, -0.25) is 9.59 Å². The van der Waals surface area contributed by atoms with E-state index in [1.807, 2.05) is 0 Å². The molecule has 1 fully saturated rings. The molecule has 5 nitrogen and oxygen atoms in total. The van der Waals surface area contributed by atoms with Crippen molar-refractivity contribution >= 4 is 24.3 Å². The fourth-order valence-corrected chi connectivity index (χ4v) is 2.41. The second kappa shape index (κ2) is 7.10. The van der Waals surface area contributed by atoms with Crippen molar-refractivity contribution in [2.45, 2.75) is 39.5 Å². The van der Waals surface area contributed by atoms with Crippen LogP contribution in [0, 0.1) is 10.8 Å². The molecule has 0 atom stereocenters. The number of halogens is 1. The lowest BCUT2D eigenvalue weighted by molar-refractivity contribution is -0.150. The van der Waals surface area contributed by atoms with Crippen LogP contribution in [0.3, 0.4) is 0 Å². The maximum Gasteiger partial charge on any atom is 0.313 e. The zero-order valence-electron chi connectivity index (χ0n) is 12.0. The second-order valence-corrected chi connectivity index (χ2v) is 5.75. The van der Waals surface area contributed by atoms with Gasteiger partial charge < -0.3 is 15.8 Å². The van der Waals surface area contributed by atoms with E-state index in [0.717, 1.165) is 25.7 Å². The molecular weight excluding hydrogens is 268 g/mol. The number of carbonyl (C=O) groups is 2. The summed E-state index contributed by atoms with van der Waals surface area (Å²) in [6, 6.07) is 0. The number of hydrogen-bond acceptors (Lipinski definition) is 4. The molecule has 1 saturated carbocycles. The zero-order valence-corrected chi connectivity index (χ0v) is 12.8. The highest BCUT2D eigenvalue weighted by atomic mass is 35.5. The first kappa shape index (κ1) is 18.2. The summed E-state index contributed by atoms with van der Waals surface area (Å²) in [7, 11) is 1.35. The van der Waals surface area contributed by atoms with E-state index in [9.17, 15) is 9.59 Å². The molecule has 3 N–H and O–H groups in total. The fraction of sp³-hybridized carbons (Fsp3) is 0.846. The Hall–Kier alpha value is -0.810. The van der Waals surface area contributed by atoms with Crippen LogP contribution in [0.4, 0.5) is 0 Å². The van der Waals surface area contributed by atoms with E-state index < -0.39 is 10.8 Å². The van der Waals surface area contributed by atoms with Gasteiger partial charge in [0.15, 0.2) is 0 Å². The summed E-state index contributed by atoms with van der Waals surface area (Å²) in [5.74, 6) is -0.351. The predicted molar refractivity (Wildman–Crippen MR) is 76.0 cm³/mol. The van der Waals surface area contributed by atoms with Gasteiger partial charge in [0.1, 0.15) is 0 Å². The molecule has 0 saturated heterocycles. The van der Waals surface area contributed by atoms with Crippen molar-refractivity contribution in [3.8, 4) is 0 Å². The van der Waals surface area contributed by atoms with Gasteiger partial charge in [0.25, 0.3) is 0 Å². The number of nitrogens with one attached hydrogen (secondary N) is 1. The van der Waals surface area contributed by atoms with E-state index in [-0.39, 0.29) is 30.8 Å². The number of esters is 1. The maximum absolute atomic E-state index is 12.2. The average molecular weight is 293 g/mol. The molecule has 19 heavy (non-hydrogen) atoms. The monoisotopic (exact) mass is 292 g/mol. The van der Waals surface area contributed by atoms with Gasteiger partial charge in [-0.1, -0.05) is 12.8 Å². The van der Waals surface area contributed by atoms with Crippen LogP contribution in [0.1, 0.15) is 39.5 Å². The van der Waals surface area contributed by atoms with E-state index >= 15 is 0 Å². The predicted octanol–water partition coefficient (Wildman–Crippen LogP) is 1.24. The van der Waals surface area contributed by atoms with Gasteiger partial charge in [0.05, 0.1) is 17.9 Å². The molecule has 0 aliphatic heterocycles. The van der Waals surface area contributed by atoms with Crippen molar-refractivity contribution in [2.75, 3.05) is 20.2 Å². The fourth-order valence-electron chi connectivity index (χ4n) is 2.41. The van der Waals surface area contributed by atoms with Gasteiger partial charge >= 0.3 is 5.97 Å². The molecule has 6 heteroatoms. The normalized spacial score (nSPS) is 17.5. The lowest BCUT2D eigenvalue weighted by atomic mass is 9.84. The molecule has 112 valence electrons. The SMILES string of the molecule is COC(=O)C(C)(C)CNC(=O)C1(CN)CCCC1.Cl. The highest BCUT2D eigenvalue weighted by Crippen LogP contribution is 2.37. The van der Waals surface area contributed by atoms with Crippen LogP contribution < -0.4 is 11.1 Å². The van der Waals surface area contributed by atoms with Crippen molar-refractivity contribution < 1.29 is 14.3 Å². The van der Waals surface area contributed by atoms with E-state index in [4.69, 9.17) is 10.5 Å². The van der Waals surface area contributed by atoms with Crippen LogP contribution in [-0.4, -0.2) is 32.1 Å². The molecule has 1 aliphatic rings. The van der Waals surface area contributed by atoms with Gasteiger partial charge in [-0.05, 0) is 26.7 Å². The smallest absolute Gasteiger partial charge is 0.313 e. The molecular formula is C13H25ClN2O3. The minimum absolute atomic E-state index is 0. The number of nitrogens with two attached hydrogens (primary N) is 1. The third kappa shape index (κ3) is 4.08. The lowest BCUT2D eigenvalue weighted by Gasteiger charge is -2.28. The Morgan fingerprint density at radius 3 is 2.26 bits per heavy atom. The minimum atomic E-state index is -0.710. The van der Waals surface area contributed by atoms with Gasteiger partial charge in [-0.2, -0.15) is 0 Å². The molecule has 0 aromatic carbocycles.